The van der Waals surface area contributed by atoms with Crippen LogP contribution < -0.4 is 10.2 Å². The Hall–Kier alpha value is -1.18. The highest BCUT2D eigenvalue weighted by molar-refractivity contribution is 5.70. The number of anilines is 2. The average molecular weight is 272 g/mol. The van der Waals surface area contributed by atoms with Gasteiger partial charge in [0.1, 0.15) is 0 Å². The zero-order chi connectivity index (χ0) is 13.8. The van der Waals surface area contributed by atoms with Crippen molar-refractivity contribution in [3.63, 3.8) is 0 Å². The molecule has 0 amide bonds. The maximum Gasteiger partial charge on any atom is 0.0602 e. The fourth-order valence-corrected chi connectivity index (χ4v) is 3.76. The van der Waals surface area contributed by atoms with Crippen molar-refractivity contribution < 1.29 is 0 Å². The maximum atomic E-state index is 3.83. The van der Waals surface area contributed by atoms with Gasteiger partial charge in [0, 0.05) is 19.1 Å². The molecule has 0 unspecified atom stereocenters. The molecule has 1 aliphatic heterocycles. The van der Waals surface area contributed by atoms with Gasteiger partial charge in [0.05, 0.1) is 11.4 Å². The van der Waals surface area contributed by atoms with Gasteiger partial charge in [-0.25, -0.2) is 0 Å². The molecular weight excluding hydrogens is 244 g/mol. The van der Waals surface area contributed by atoms with Crippen LogP contribution in [0.15, 0.2) is 24.3 Å². The summed E-state index contributed by atoms with van der Waals surface area (Å²) in [7, 11) is 0. The summed E-state index contributed by atoms with van der Waals surface area (Å²) in [4.78, 5) is 2.54. The summed E-state index contributed by atoms with van der Waals surface area (Å²) in [5.74, 6) is 0.974. The first-order valence-corrected chi connectivity index (χ1v) is 8.47. The van der Waals surface area contributed by atoms with Crippen LogP contribution in [0.5, 0.6) is 0 Å². The van der Waals surface area contributed by atoms with Gasteiger partial charge in [-0.1, -0.05) is 25.5 Å². The van der Waals surface area contributed by atoms with Crippen molar-refractivity contribution in [2.45, 2.75) is 57.9 Å². The molecule has 1 aromatic rings. The molecule has 2 fully saturated rings. The van der Waals surface area contributed by atoms with Gasteiger partial charge in [0.25, 0.3) is 0 Å². The molecule has 1 N–H and O–H groups in total. The molecular formula is C18H28N2. The molecule has 0 aromatic heterocycles. The maximum absolute atomic E-state index is 3.83. The van der Waals surface area contributed by atoms with E-state index in [1.807, 2.05) is 0 Å². The number of nitrogens with zero attached hydrogens (tertiary/aromatic N) is 1. The van der Waals surface area contributed by atoms with Gasteiger partial charge in [-0.15, -0.1) is 0 Å². The third-order valence-corrected chi connectivity index (χ3v) is 5.13. The minimum Gasteiger partial charge on any atom is -0.381 e. The number of hydrogen-bond donors (Lipinski definition) is 1. The molecule has 1 aliphatic carbocycles. The number of nitrogens with one attached hydrogen (secondary N) is 1. The second-order valence-corrected chi connectivity index (χ2v) is 6.48. The first-order valence-electron chi connectivity index (χ1n) is 8.47. The highest BCUT2D eigenvalue weighted by Gasteiger charge is 2.21. The quantitative estimate of drug-likeness (QED) is 0.857. The zero-order valence-corrected chi connectivity index (χ0v) is 12.8. The van der Waals surface area contributed by atoms with Gasteiger partial charge in [0.2, 0.25) is 0 Å². The average Bonchev–Trinajstić information content (AvgIpc) is 3.03. The highest BCUT2D eigenvalue weighted by Crippen LogP contribution is 2.33. The lowest BCUT2D eigenvalue weighted by atomic mass is 9.84. The first-order chi connectivity index (χ1) is 9.86. The second kappa shape index (κ2) is 6.51. The summed E-state index contributed by atoms with van der Waals surface area (Å²) in [5, 5.41) is 3.83. The standard InChI is InChI=1S/C18H28N2/c1-2-15-9-11-16(12-10-15)19-17-7-3-4-8-18(17)20-13-5-6-14-20/h3-4,7-8,15-16,19H,2,5-6,9-14H2,1H3. The van der Waals surface area contributed by atoms with Crippen LogP contribution in [0.4, 0.5) is 11.4 Å². The second-order valence-electron chi connectivity index (χ2n) is 6.48. The molecule has 2 heteroatoms. The van der Waals surface area contributed by atoms with Crippen LogP contribution in [0, 0.1) is 5.92 Å². The largest absolute Gasteiger partial charge is 0.381 e. The number of para-hydroxylation sites is 2. The van der Waals surface area contributed by atoms with Crippen molar-refractivity contribution in [1.82, 2.24) is 0 Å². The van der Waals surface area contributed by atoms with Crippen LogP contribution in [-0.2, 0) is 0 Å². The summed E-state index contributed by atoms with van der Waals surface area (Å²) < 4.78 is 0. The smallest absolute Gasteiger partial charge is 0.0602 e. The van der Waals surface area contributed by atoms with E-state index in [0.29, 0.717) is 6.04 Å². The molecule has 0 atom stereocenters. The van der Waals surface area contributed by atoms with Gasteiger partial charge < -0.3 is 10.2 Å². The third-order valence-electron chi connectivity index (χ3n) is 5.13. The lowest BCUT2D eigenvalue weighted by Gasteiger charge is -2.31. The topological polar surface area (TPSA) is 15.3 Å². The Morgan fingerprint density at radius 3 is 2.45 bits per heavy atom. The summed E-state index contributed by atoms with van der Waals surface area (Å²) in [5.41, 5.74) is 2.77. The molecule has 1 saturated carbocycles. The molecule has 0 bridgehead atoms. The predicted octanol–water partition coefficient (Wildman–Crippen LogP) is 4.67. The Morgan fingerprint density at radius 1 is 1.05 bits per heavy atom. The number of hydrogen-bond acceptors (Lipinski definition) is 2. The Bertz CT molecular complexity index is 415. The van der Waals surface area contributed by atoms with Crippen molar-refractivity contribution in [1.29, 1.82) is 0 Å². The monoisotopic (exact) mass is 272 g/mol. The molecule has 1 aromatic carbocycles. The fourth-order valence-electron chi connectivity index (χ4n) is 3.76. The first kappa shape index (κ1) is 13.8. The summed E-state index contributed by atoms with van der Waals surface area (Å²) in [6.45, 7) is 4.78. The van der Waals surface area contributed by atoms with Gasteiger partial charge in [-0.05, 0) is 56.6 Å². The molecule has 110 valence electrons. The third kappa shape index (κ3) is 3.11. The highest BCUT2D eigenvalue weighted by atomic mass is 15.2. The van der Waals surface area contributed by atoms with Crippen LogP contribution in [0.25, 0.3) is 0 Å². The van der Waals surface area contributed by atoms with Crippen LogP contribution in [0.3, 0.4) is 0 Å². The van der Waals surface area contributed by atoms with E-state index < -0.39 is 0 Å². The molecule has 1 heterocycles. The number of rotatable bonds is 4. The summed E-state index contributed by atoms with van der Waals surface area (Å²) in [6, 6.07) is 9.57. The predicted molar refractivity (Wildman–Crippen MR) is 87.5 cm³/mol. The van der Waals surface area contributed by atoms with Crippen molar-refractivity contribution in [3.05, 3.63) is 24.3 Å². The summed E-state index contributed by atoms with van der Waals surface area (Å²) in [6.07, 6.45) is 9.53. The Labute approximate surface area is 123 Å². The lowest BCUT2D eigenvalue weighted by Crippen LogP contribution is -2.27. The number of benzene rings is 1. The Morgan fingerprint density at radius 2 is 1.75 bits per heavy atom. The van der Waals surface area contributed by atoms with Crippen molar-refractivity contribution in [2.24, 2.45) is 5.92 Å². The lowest BCUT2D eigenvalue weighted by molar-refractivity contribution is 0.330. The molecule has 2 nitrogen and oxygen atoms in total. The molecule has 20 heavy (non-hydrogen) atoms. The van der Waals surface area contributed by atoms with E-state index in [4.69, 9.17) is 0 Å². The van der Waals surface area contributed by atoms with Gasteiger partial charge in [-0.3, -0.25) is 0 Å². The van der Waals surface area contributed by atoms with E-state index in [0.717, 1.165) is 5.92 Å². The van der Waals surface area contributed by atoms with Crippen LogP contribution >= 0.6 is 0 Å². The van der Waals surface area contributed by atoms with E-state index in [1.165, 1.54) is 69.4 Å². The van der Waals surface area contributed by atoms with E-state index in [2.05, 4.69) is 41.4 Å². The molecule has 2 aliphatic rings. The van der Waals surface area contributed by atoms with Gasteiger partial charge in [0.15, 0.2) is 0 Å². The van der Waals surface area contributed by atoms with Crippen molar-refractivity contribution >= 4 is 11.4 Å². The SMILES string of the molecule is CCC1CCC(Nc2ccccc2N2CCCC2)CC1. The zero-order valence-electron chi connectivity index (χ0n) is 12.8. The summed E-state index contributed by atoms with van der Waals surface area (Å²) >= 11 is 0. The van der Waals surface area contributed by atoms with E-state index in [1.54, 1.807) is 0 Å². The van der Waals surface area contributed by atoms with Gasteiger partial charge >= 0.3 is 0 Å². The van der Waals surface area contributed by atoms with E-state index >= 15 is 0 Å². The minimum atomic E-state index is 0.682. The van der Waals surface area contributed by atoms with Crippen LogP contribution in [-0.4, -0.2) is 19.1 Å². The van der Waals surface area contributed by atoms with Crippen LogP contribution in [0.2, 0.25) is 0 Å². The van der Waals surface area contributed by atoms with Gasteiger partial charge in [-0.2, -0.15) is 0 Å². The van der Waals surface area contributed by atoms with E-state index in [9.17, 15) is 0 Å². The Kier molecular flexibility index (Phi) is 4.49. The van der Waals surface area contributed by atoms with Crippen molar-refractivity contribution in [3.8, 4) is 0 Å². The Balaban J connectivity index is 1.65. The minimum absolute atomic E-state index is 0.682. The normalized spacial score (nSPS) is 26.8. The van der Waals surface area contributed by atoms with Crippen LogP contribution in [0.1, 0.15) is 51.9 Å². The molecule has 1 saturated heterocycles. The molecule has 3 rings (SSSR count). The van der Waals surface area contributed by atoms with Crippen molar-refractivity contribution in [2.75, 3.05) is 23.3 Å². The molecule has 0 spiro atoms. The molecule has 0 radical (unpaired) electrons. The van der Waals surface area contributed by atoms with E-state index in [-0.39, 0.29) is 0 Å². The fraction of sp³-hybridized carbons (Fsp3) is 0.667.